The third-order valence-corrected chi connectivity index (χ3v) is 4.49. The second-order valence-electron chi connectivity index (χ2n) is 5.28. The van der Waals surface area contributed by atoms with Gasteiger partial charge in [-0.3, -0.25) is 0 Å². The smallest absolute Gasteiger partial charge is 0.0441 e. The van der Waals surface area contributed by atoms with E-state index in [1.807, 2.05) is 18.2 Å². The lowest BCUT2D eigenvalue weighted by Crippen LogP contribution is -2.15. The van der Waals surface area contributed by atoms with Gasteiger partial charge in [0.1, 0.15) is 0 Å². The van der Waals surface area contributed by atoms with Gasteiger partial charge < -0.3 is 5.73 Å². The van der Waals surface area contributed by atoms with Crippen LogP contribution in [0, 0.1) is 5.92 Å². The molecular weight excluding hydrogens is 254 g/mol. The molecular formula is C17H18ClN. The molecule has 0 aliphatic heterocycles. The summed E-state index contributed by atoms with van der Waals surface area (Å²) in [6.45, 7) is 0.664. The second-order valence-corrected chi connectivity index (χ2v) is 5.69. The van der Waals surface area contributed by atoms with Crippen molar-refractivity contribution >= 4 is 11.6 Å². The Balaban J connectivity index is 1.81. The zero-order valence-corrected chi connectivity index (χ0v) is 11.6. The van der Waals surface area contributed by atoms with Crippen LogP contribution in [0.4, 0.5) is 0 Å². The molecule has 1 saturated carbocycles. The molecule has 1 aliphatic rings. The van der Waals surface area contributed by atoms with Gasteiger partial charge in [-0.1, -0.05) is 60.1 Å². The second kappa shape index (κ2) is 5.36. The maximum atomic E-state index is 6.31. The van der Waals surface area contributed by atoms with Crippen molar-refractivity contribution in [1.82, 2.24) is 0 Å². The average Bonchev–Trinajstić information content (AvgIpc) is 3.23. The lowest BCUT2D eigenvalue weighted by molar-refractivity contribution is 0.600. The zero-order valence-electron chi connectivity index (χ0n) is 10.8. The highest BCUT2D eigenvalue weighted by Gasteiger charge is 2.44. The van der Waals surface area contributed by atoms with Gasteiger partial charge in [0.2, 0.25) is 0 Å². The van der Waals surface area contributed by atoms with E-state index in [0.717, 1.165) is 5.02 Å². The van der Waals surface area contributed by atoms with Crippen LogP contribution >= 0.6 is 11.6 Å². The molecule has 98 valence electrons. The highest BCUT2D eigenvalue weighted by molar-refractivity contribution is 6.31. The van der Waals surface area contributed by atoms with Gasteiger partial charge in [-0.05, 0) is 42.0 Å². The molecule has 0 amide bonds. The molecule has 2 heteroatoms. The molecule has 2 N–H and O–H groups in total. The van der Waals surface area contributed by atoms with E-state index >= 15 is 0 Å². The lowest BCUT2D eigenvalue weighted by atomic mass is 9.92. The highest BCUT2D eigenvalue weighted by Crippen LogP contribution is 2.55. The SMILES string of the molecule is NCC(c1ccccc1Cl)C1CC1c1ccccc1. The van der Waals surface area contributed by atoms with Crippen molar-refractivity contribution in [2.24, 2.45) is 11.7 Å². The molecule has 0 aromatic heterocycles. The Morgan fingerprint density at radius 3 is 2.42 bits per heavy atom. The van der Waals surface area contributed by atoms with Crippen molar-refractivity contribution in [2.45, 2.75) is 18.3 Å². The Labute approximate surface area is 119 Å². The van der Waals surface area contributed by atoms with Gasteiger partial charge in [0, 0.05) is 10.9 Å². The van der Waals surface area contributed by atoms with Gasteiger partial charge in [0.15, 0.2) is 0 Å². The molecule has 3 atom stereocenters. The van der Waals surface area contributed by atoms with Gasteiger partial charge in [0.05, 0.1) is 0 Å². The third kappa shape index (κ3) is 2.54. The van der Waals surface area contributed by atoms with E-state index in [-0.39, 0.29) is 0 Å². The fraction of sp³-hybridized carbons (Fsp3) is 0.294. The summed E-state index contributed by atoms with van der Waals surface area (Å²) in [5.41, 5.74) is 8.63. The van der Waals surface area contributed by atoms with Crippen LogP contribution in [0.25, 0.3) is 0 Å². The van der Waals surface area contributed by atoms with Crippen LogP contribution in [0.15, 0.2) is 54.6 Å². The summed E-state index contributed by atoms with van der Waals surface area (Å²) >= 11 is 6.31. The fourth-order valence-corrected chi connectivity index (χ4v) is 3.33. The van der Waals surface area contributed by atoms with Gasteiger partial charge in [-0.25, -0.2) is 0 Å². The predicted octanol–water partition coefficient (Wildman–Crippen LogP) is 4.19. The topological polar surface area (TPSA) is 26.0 Å². The lowest BCUT2D eigenvalue weighted by Gasteiger charge is -2.17. The standard InChI is InChI=1S/C17H18ClN/c18-17-9-5-4-8-13(17)16(11-19)15-10-14(15)12-6-2-1-3-7-12/h1-9,14-16H,10-11,19H2. The van der Waals surface area contributed by atoms with Gasteiger partial charge in [-0.15, -0.1) is 0 Å². The Bertz CT molecular complexity index is 552. The van der Waals surface area contributed by atoms with Crippen LogP contribution in [0.5, 0.6) is 0 Å². The van der Waals surface area contributed by atoms with Crippen molar-refractivity contribution in [2.75, 3.05) is 6.54 Å². The summed E-state index contributed by atoms with van der Waals surface area (Å²) in [5, 5.41) is 0.844. The number of rotatable bonds is 4. The minimum atomic E-state index is 0.374. The Kier molecular flexibility index (Phi) is 3.58. The first-order valence-electron chi connectivity index (χ1n) is 6.80. The van der Waals surface area contributed by atoms with Crippen molar-refractivity contribution in [3.63, 3.8) is 0 Å². The van der Waals surface area contributed by atoms with Crippen molar-refractivity contribution in [1.29, 1.82) is 0 Å². The molecule has 0 saturated heterocycles. The molecule has 1 aliphatic carbocycles. The molecule has 2 aromatic rings. The van der Waals surface area contributed by atoms with E-state index in [2.05, 4.69) is 36.4 Å². The molecule has 0 bridgehead atoms. The Hall–Kier alpha value is -1.31. The van der Waals surface area contributed by atoms with Gasteiger partial charge in [-0.2, -0.15) is 0 Å². The highest BCUT2D eigenvalue weighted by atomic mass is 35.5. The van der Waals surface area contributed by atoms with E-state index < -0.39 is 0 Å². The minimum Gasteiger partial charge on any atom is -0.330 e. The fourth-order valence-electron chi connectivity index (χ4n) is 3.05. The summed E-state index contributed by atoms with van der Waals surface area (Å²) < 4.78 is 0. The average molecular weight is 272 g/mol. The van der Waals surface area contributed by atoms with E-state index in [4.69, 9.17) is 17.3 Å². The van der Waals surface area contributed by atoms with E-state index in [9.17, 15) is 0 Å². The molecule has 2 aromatic carbocycles. The molecule has 0 radical (unpaired) electrons. The number of hydrogen-bond acceptors (Lipinski definition) is 1. The monoisotopic (exact) mass is 271 g/mol. The van der Waals surface area contributed by atoms with Crippen LogP contribution < -0.4 is 5.73 Å². The van der Waals surface area contributed by atoms with Crippen LogP contribution in [-0.2, 0) is 0 Å². The molecule has 19 heavy (non-hydrogen) atoms. The first-order chi connectivity index (χ1) is 9.31. The van der Waals surface area contributed by atoms with Crippen LogP contribution in [0.1, 0.15) is 29.4 Å². The molecule has 3 rings (SSSR count). The van der Waals surface area contributed by atoms with Crippen LogP contribution in [0.2, 0.25) is 5.02 Å². The predicted molar refractivity (Wildman–Crippen MR) is 80.5 cm³/mol. The summed E-state index contributed by atoms with van der Waals surface area (Å²) in [5.74, 6) is 1.65. The van der Waals surface area contributed by atoms with Crippen molar-refractivity contribution in [3.8, 4) is 0 Å². The molecule has 3 unspecified atom stereocenters. The quantitative estimate of drug-likeness (QED) is 0.887. The number of hydrogen-bond donors (Lipinski definition) is 1. The molecule has 0 spiro atoms. The molecule has 1 fully saturated rings. The number of halogens is 1. The van der Waals surface area contributed by atoms with Gasteiger partial charge in [0.25, 0.3) is 0 Å². The normalized spacial score (nSPS) is 23.1. The van der Waals surface area contributed by atoms with E-state index in [1.165, 1.54) is 17.5 Å². The Morgan fingerprint density at radius 2 is 1.74 bits per heavy atom. The van der Waals surface area contributed by atoms with Gasteiger partial charge >= 0.3 is 0 Å². The summed E-state index contributed by atoms with van der Waals surface area (Å²) in [6.07, 6.45) is 1.22. The zero-order chi connectivity index (χ0) is 13.2. The van der Waals surface area contributed by atoms with E-state index in [1.54, 1.807) is 0 Å². The Morgan fingerprint density at radius 1 is 1.05 bits per heavy atom. The molecule has 1 nitrogen and oxygen atoms in total. The largest absolute Gasteiger partial charge is 0.330 e. The third-order valence-electron chi connectivity index (χ3n) is 4.14. The van der Waals surface area contributed by atoms with Crippen molar-refractivity contribution < 1.29 is 0 Å². The number of nitrogens with two attached hydrogens (primary N) is 1. The summed E-state index contributed by atoms with van der Waals surface area (Å²) in [4.78, 5) is 0. The summed E-state index contributed by atoms with van der Waals surface area (Å²) in [7, 11) is 0. The first-order valence-corrected chi connectivity index (χ1v) is 7.18. The maximum Gasteiger partial charge on any atom is 0.0441 e. The number of benzene rings is 2. The van der Waals surface area contributed by atoms with Crippen LogP contribution in [-0.4, -0.2) is 6.54 Å². The summed E-state index contributed by atoms with van der Waals surface area (Å²) in [6, 6.07) is 18.8. The van der Waals surface area contributed by atoms with Crippen molar-refractivity contribution in [3.05, 3.63) is 70.7 Å². The van der Waals surface area contributed by atoms with Crippen LogP contribution in [0.3, 0.4) is 0 Å². The molecule has 0 heterocycles. The van der Waals surface area contributed by atoms with E-state index in [0.29, 0.717) is 24.3 Å². The first kappa shape index (κ1) is 12.7. The minimum absolute atomic E-state index is 0.374. The maximum absolute atomic E-state index is 6.31.